The zero-order chi connectivity index (χ0) is 16.0. The van der Waals surface area contributed by atoms with Crippen LogP contribution in [0.1, 0.15) is 36.8 Å². The van der Waals surface area contributed by atoms with Crippen LogP contribution >= 0.6 is 0 Å². The molecular formula is C16H27N5O. The van der Waals surface area contributed by atoms with E-state index < -0.39 is 5.60 Å². The molecule has 1 fully saturated rings. The molecule has 0 saturated carbocycles. The van der Waals surface area contributed by atoms with Gasteiger partial charge in [-0.15, -0.1) is 0 Å². The Morgan fingerprint density at radius 2 is 1.95 bits per heavy atom. The van der Waals surface area contributed by atoms with E-state index in [9.17, 15) is 5.11 Å². The summed E-state index contributed by atoms with van der Waals surface area (Å²) in [5, 5.41) is 14.2. The Bertz CT molecular complexity index is 492. The average molecular weight is 305 g/mol. The molecule has 0 aromatic heterocycles. The highest BCUT2D eigenvalue weighted by atomic mass is 16.3. The van der Waals surface area contributed by atoms with Crippen molar-refractivity contribution in [3.63, 3.8) is 0 Å². The third-order valence-electron chi connectivity index (χ3n) is 4.52. The van der Waals surface area contributed by atoms with Gasteiger partial charge in [-0.05, 0) is 44.7 Å². The monoisotopic (exact) mass is 305 g/mol. The highest BCUT2D eigenvalue weighted by Gasteiger charge is 2.30. The summed E-state index contributed by atoms with van der Waals surface area (Å²) in [5.41, 5.74) is 4.10. The van der Waals surface area contributed by atoms with E-state index in [-0.39, 0.29) is 0 Å². The topological polar surface area (TPSA) is 99.9 Å². The Morgan fingerprint density at radius 3 is 2.50 bits per heavy atom. The Hall–Kier alpha value is -1.63. The molecule has 1 aliphatic rings. The smallest absolute Gasteiger partial charge is 0.166 e. The predicted molar refractivity (Wildman–Crippen MR) is 89.1 cm³/mol. The van der Waals surface area contributed by atoms with Gasteiger partial charge in [-0.2, -0.15) is 5.10 Å². The Morgan fingerprint density at radius 1 is 1.32 bits per heavy atom. The lowest BCUT2D eigenvalue weighted by Gasteiger charge is -2.36. The van der Waals surface area contributed by atoms with Crippen LogP contribution in [0.15, 0.2) is 29.4 Å². The van der Waals surface area contributed by atoms with E-state index in [4.69, 9.17) is 11.7 Å². The number of likely N-dealkylation sites (tertiary alicyclic amines) is 1. The van der Waals surface area contributed by atoms with Gasteiger partial charge >= 0.3 is 0 Å². The van der Waals surface area contributed by atoms with Gasteiger partial charge in [-0.1, -0.05) is 24.3 Å². The molecule has 0 bridgehead atoms. The number of hydrogen-bond donors (Lipinski definition) is 4. The van der Waals surface area contributed by atoms with Crippen LogP contribution in [0.3, 0.4) is 0 Å². The zero-order valence-corrected chi connectivity index (χ0v) is 13.3. The van der Waals surface area contributed by atoms with Crippen LogP contribution in [-0.4, -0.2) is 41.6 Å². The van der Waals surface area contributed by atoms with Crippen molar-refractivity contribution < 1.29 is 5.11 Å². The second-order valence-electron chi connectivity index (χ2n) is 6.20. The molecule has 0 atom stereocenters. The summed E-state index contributed by atoms with van der Waals surface area (Å²) in [6, 6.07) is 8.00. The van der Waals surface area contributed by atoms with Crippen LogP contribution in [-0.2, 0) is 6.42 Å². The van der Waals surface area contributed by atoms with E-state index in [1.807, 2.05) is 12.1 Å². The first kappa shape index (κ1) is 16.7. The molecule has 6 nitrogen and oxygen atoms in total. The van der Waals surface area contributed by atoms with Crippen molar-refractivity contribution in [3.8, 4) is 0 Å². The lowest BCUT2D eigenvalue weighted by molar-refractivity contribution is -0.0236. The lowest BCUT2D eigenvalue weighted by atomic mass is 9.86. The molecule has 22 heavy (non-hydrogen) atoms. The number of nitrogens with two attached hydrogens (primary N) is 2. The molecule has 1 saturated heterocycles. The third kappa shape index (κ3) is 4.43. The minimum Gasteiger partial charge on any atom is -0.390 e. The van der Waals surface area contributed by atoms with Gasteiger partial charge in [0.05, 0.1) is 5.60 Å². The fourth-order valence-corrected chi connectivity index (χ4v) is 2.93. The van der Waals surface area contributed by atoms with Crippen LogP contribution in [0.25, 0.3) is 0 Å². The molecule has 1 aliphatic heterocycles. The van der Waals surface area contributed by atoms with Gasteiger partial charge in [0, 0.05) is 18.7 Å². The van der Waals surface area contributed by atoms with Crippen molar-refractivity contribution in [2.75, 3.05) is 20.1 Å². The zero-order valence-electron chi connectivity index (χ0n) is 13.3. The molecule has 0 unspecified atom stereocenters. The molecule has 0 radical (unpaired) electrons. The van der Waals surface area contributed by atoms with Gasteiger partial charge in [0.2, 0.25) is 0 Å². The number of aryl methyl sites for hydroxylation is 1. The number of hydrazine groups is 1. The highest BCUT2D eigenvalue weighted by molar-refractivity contribution is 5.98. The first-order valence-corrected chi connectivity index (χ1v) is 7.81. The summed E-state index contributed by atoms with van der Waals surface area (Å²) in [4.78, 5) is 2.27. The van der Waals surface area contributed by atoms with Crippen molar-refractivity contribution in [3.05, 3.63) is 35.4 Å². The van der Waals surface area contributed by atoms with Gasteiger partial charge < -0.3 is 21.3 Å². The first-order valence-electron chi connectivity index (χ1n) is 7.81. The summed E-state index contributed by atoms with van der Waals surface area (Å²) in [5.74, 6) is 11.1. The highest BCUT2D eigenvalue weighted by Crippen LogP contribution is 2.27. The Kier molecular flexibility index (Phi) is 5.76. The molecule has 6 N–H and O–H groups in total. The number of rotatable bonds is 5. The summed E-state index contributed by atoms with van der Waals surface area (Å²) in [6.45, 7) is 1.97. The van der Waals surface area contributed by atoms with Crippen LogP contribution < -0.4 is 17.1 Å². The van der Waals surface area contributed by atoms with Gasteiger partial charge in [0.15, 0.2) is 5.84 Å². The summed E-state index contributed by atoms with van der Waals surface area (Å²) >= 11 is 0. The van der Waals surface area contributed by atoms with Crippen LogP contribution in [0, 0.1) is 0 Å². The Labute approximate surface area is 132 Å². The number of nitrogens with zero attached hydrogens (tertiary/aromatic N) is 2. The quantitative estimate of drug-likeness (QED) is 0.275. The number of benzene rings is 1. The van der Waals surface area contributed by atoms with E-state index in [1.165, 1.54) is 5.56 Å². The van der Waals surface area contributed by atoms with Crippen molar-refractivity contribution in [2.45, 2.75) is 37.7 Å². The van der Waals surface area contributed by atoms with Crippen molar-refractivity contribution in [1.82, 2.24) is 10.3 Å². The largest absolute Gasteiger partial charge is 0.390 e. The maximum absolute atomic E-state index is 10.6. The fraction of sp³-hybridized carbons (Fsp3) is 0.562. The van der Waals surface area contributed by atoms with Gasteiger partial charge in [-0.3, -0.25) is 0 Å². The predicted octanol–water partition coefficient (Wildman–Crippen LogP) is 0.550. The standard InChI is InChI=1S/C16H27N5O/c1-21-11-9-16(22,10-12-21)8-2-3-13-4-6-14(7-5-13)15(19-17)20-18/h4-7,22H,2-3,8-12,17-18H2,1H3,(H,19,20). The minimum absolute atomic E-state index is 0.465. The molecule has 0 aliphatic carbocycles. The molecule has 1 heterocycles. The maximum atomic E-state index is 10.6. The second kappa shape index (κ2) is 7.58. The fourth-order valence-electron chi connectivity index (χ4n) is 2.93. The van der Waals surface area contributed by atoms with Crippen molar-refractivity contribution in [2.24, 2.45) is 16.8 Å². The van der Waals surface area contributed by atoms with E-state index >= 15 is 0 Å². The number of hydrazone groups is 1. The van der Waals surface area contributed by atoms with E-state index in [0.29, 0.717) is 5.84 Å². The van der Waals surface area contributed by atoms with Crippen LogP contribution in [0.5, 0.6) is 0 Å². The molecule has 0 amide bonds. The maximum Gasteiger partial charge on any atom is 0.166 e. The Balaban J connectivity index is 1.82. The molecule has 1 aromatic carbocycles. The normalized spacial score (nSPS) is 19.1. The second-order valence-corrected chi connectivity index (χ2v) is 6.20. The number of aliphatic hydroxyl groups is 1. The van der Waals surface area contributed by atoms with Gasteiger partial charge in [0.1, 0.15) is 0 Å². The first-order chi connectivity index (χ1) is 10.6. The third-order valence-corrected chi connectivity index (χ3v) is 4.52. The van der Waals surface area contributed by atoms with Crippen molar-refractivity contribution >= 4 is 5.84 Å². The molecule has 2 rings (SSSR count). The van der Waals surface area contributed by atoms with E-state index in [0.717, 1.165) is 50.8 Å². The average Bonchev–Trinajstić information content (AvgIpc) is 2.53. The number of piperidine rings is 1. The summed E-state index contributed by atoms with van der Waals surface area (Å²) in [6.07, 6.45) is 4.57. The summed E-state index contributed by atoms with van der Waals surface area (Å²) < 4.78 is 0. The van der Waals surface area contributed by atoms with Crippen molar-refractivity contribution in [1.29, 1.82) is 0 Å². The number of hydrogen-bond acceptors (Lipinski definition) is 5. The van der Waals surface area contributed by atoms with E-state index in [1.54, 1.807) is 0 Å². The van der Waals surface area contributed by atoms with E-state index in [2.05, 4.69) is 34.6 Å². The molecule has 6 heteroatoms. The van der Waals surface area contributed by atoms with Crippen LogP contribution in [0.4, 0.5) is 0 Å². The van der Waals surface area contributed by atoms with Crippen LogP contribution in [0.2, 0.25) is 0 Å². The molecule has 122 valence electrons. The SMILES string of the molecule is CN1CCC(O)(CCCc2ccc(/C(=N/N)NN)cc2)CC1. The number of amidine groups is 1. The number of nitrogens with one attached hydrogen (secondary N) is 1. The van der Waals surface area contributed by atoms with Gasteiger partial charge in [0.25, 0.3) is 0 Å². The molecule has 0 spiro atoms. The summed E-state index contributed by atoms with van der Waals surface area (Å²) in [7, 11) is 2.11. The minimum atomic E-state index is -0.477. The molecule has 1 aromatic rings. The lowest BCUT2D eigenvalue weighted by Crippen LogP contribution is -2.42. The molecular weight excluding hydrogens is 278 g/mol. The van der Waals surface area contributed by atoms with Gasteiger partial charge in [-0.25, -0.2) is 5.84 Å².